The molecule has 1 fully saturated rings. The number of carbonyl (C=O) groups is 2. The summed E-state index contributed by atoms with van der Waals surface area (Å²) in [6, 6.07) is 5.25. The number of aliphatic carboxylic acids is 1. The number of nitrogens with zero attached hydrogens (tertiary/aromatic N) is 6. The zero-order valence-electron chi connectivity index (χ0n) is 21.4. The van der Waals surface area contributed by atoms with Gasteiger partial charge in [0.05, 0.1) is 15.6 Å². The number of hydrogen-bond acceptors (Lipinski definition) is 9. The quantitative estimate of drug-likeness (QED) is 0.321. The summed E-state index contributed by atoms with van der Waals surface area (Å²) in [7, 11) is 0. The molecule has 1 aliphatic rings. The van der Waals surface area contributed by atoms with Crippen LogP contribution < -0.4 is 15.5 Å². The number of benzene rings is 1. The van der Waals surface area contributed by atoms with Crippen molar-refractivity contribution in [2.75, 3.05) is 29.9 Å². The molecule has 1 aromatic carbocycles. The van der Waals surface area contributed by atoms with Crippen molar-refractivity contribution in [3.63, 3.8) is 0 Å². The molecule has 198 valence electrons. The second-order valence-corrected chi connectivity index (χ2v) is 10.3. The van der Waals surface area contributed by atoms with E-state index in [0.29, 0.717) is 60.5 Å². The molecule has 1 saturated heterocycles. The number of aromatic nitrogens is 5. The van der Waals surface area contributed by atoms with Crippen molar-refractivity contribution >= 4 is 44.6 Å². The lowest BCUT2D eigenvalue weighted by Crippen LogP contribution is -2.43. The number of thiazole rings is 1. The topological polar surface area (TPSA) is 146 Å². The number of carboxylic acid groups (broad SMARTS) is 1. The van der Waals surface area contributed by atoms with E-state index in [0.717, 1.165) is 15.8 Å². The fraction of sp³-hybridized carbons (Fsp3) is 0.296. The summed E-state index contributed by atoms with van der Waals surface area (Å²) >= 11 is 1.33. The fourth-order valence-electron chi connectivity index (χ4n) is 4.18. The average Bonchev–Trinajstić information content (AvgIpc) is 3.35. The van der Waals surface area contributed by atoms with Gasteiger partial charge in [0.15, 0.2) is 5.13 Å². The van der Waals surface area contributed by atoms with Crippen molar-refractivity contribution in [1.29, 1.82) is 0 Å². The standard InChI is InChI=1S/C27H26N8O3S/c1-3-28-25(38)34-26-33-20-14-18(13-17(22(20)39-26)5-6-21-29-9-4-10-30-21)19-15-31-24(32-16-19)35-11-7-27(2,8-12-35)23(36)37/h4,9-10,13-16H,3,7-8,11-12H2,1-2H3,(H,36,37)(H2,28,33,34,38). The summed E-state index contributed by atoms with van der Waals surface area (Å²) in [5.41, 5.74) is 2.27. The van der Waals surface area contributed by atoms with Crippen molar-refractivity contribution < 1.29 is 14.7 Å². The first-order valence-corrected chi connectivity index (χ1v) is 13.3. The molecule has 0 spiro atoms. The van der Waals surface area contributed by atoms with Crippen LogP contribution in [0.25, 0.3) is 21.3 Å². The van der Waals surface area contributed by atoms with E-state index in [1.165, 1.54) is 11.3 Å². The lowest BCUT2D eigenvalue weighted by atomic mass is 9.80. The number of piperidine rings is 1. The van der Waals surface area contributed by atoms with Gasteiger partial charge in [-0.3, -0.25) is 10.1 Å². The highest BCUT2D eigenvalue weighted by atomic mass is 32.1. The Morgan fingerprint density at radius 2 is 1.79 bits per heavy atom. The van der Waals surface area contributed by atoms with E-state index in [2.05, 4.69) is 47.4 Å². The highest BCUT2D eigenvalue weighted by Crippen LogP contribution is 2.34. The molecule has 0 saturated carbocycles. The summed E-state index contributed by atoms with van der Waals surface area (Å²) < 4.78 is 0.821. The third-order valence-electron chi connectivity index (χ3n) is 6.56. The van der Waals surface area contributed by atoms with E-state index >= 15 is 0 Å². The Labute approximate surface area is 228 Å². The molecular formula is C27H26N8O3S. The lowest BCUT2D eigenvalue weighted by Gasteiger charge is -2.36. The smallest absolute Gasteiger partial charge is 0.321 e. The van der Waals surface area contributed by atoms with Crippen molar-refractivity contribution in [3.05, 3.63) is 54.4 Å². The molecular weight excluding hydrogens is 516 g/mol. The van der Waals surface area contributed by atoms with Crippen LogP contribution in [0.15, 0.2) is 43.0 Å². The van der Waals surface area contributed by atoms with Gasteiger partial charge in [0.2, 0.25) is 11.8 Å². The van der Waals surface area contributed by atoms with Gasteiger partial charge < -0.3 is 15.3 Å². The van der Waals surface area contributed by atoms with Gasteiger partial charge in [-0.15, -0.1) is 0 Å². The van der Waals surface area contributed by atoms with Crippen LogP contribution in [-0.4, -0.2) is 61.7 Å². The molecule has 11 nitrogen and oxygen atoms in total. The number of rotatable bonds is 5. The lowest BCUT2D eigenvalue weighted by molar-refractivity contribution is -0.149. The highest BCUT2D eigenvalue weighted by molar-refractivity contribution is 7.22. The number of fused-ring (bicyclic) bond motifs is 1. The van der Waals surface area contributed by atoms with Crippen LogP contribution in [0.1, 0.15) is 38.1 Å². The SMILES string of the molecule is CCNC(=O)Nc1nc2cc(-c3cnc(N4CCC(C)(C(=O)O)CC4)nc3)cc(C#Cc3ncccn3)c2s1. The van der Waals surface area contributed by atoms with Gasteiger partial charge in [-0.05, 0) is 56.4 Å². The second kappa shape index (κ2) is 11.0. The van der Waals surface area contributed by atoms with Crippen LogP contribution in [0.3, 0.4) is 0 Å². The number of hydrogen-bond donors (Lipinski definition) is 3. The maximum Gasteiger partial charge on any atom is 0.321 e. The van der Waals surface area contributed by atoms with E-state index in [4.69, 9.17) is 0 Å². The maximum atomic E-state index is 12.1. The minimum Gasteiger partial charge on any atom is -0.481 e. The summed E-state index contributed by atoms with van der Waals surface area (Å²) in [5, 5.41) is 15.4. The number of carboxylic acids is 1. The van der Waals surface area contributed by atoms with Gasteiger partial charge in [0.1, 0.15) is 0 Å². The van der Waals surface area contributed by atoms with Crippen LogP contribution in [0.5, 0.6) is 0 Å². The van der Waals surface area contributed by atoms with E-state index in [1.54, 1.807) is 37.8 Å². The molecule has 3 aromatic heterocycles. The Hall–Kier alpha value is -4.63. The van der Waals surface area contributed by atoms with E-state index in [1.807, 2.05) is 24.0 Å². The minimum absolute atomic E-state index is 0.326. The minimum atomic E-state index is -0.766. The summed E-state index contributed by atoms with van der Waals surface area (Å²) in [5.74, 6) is 6.35. The molecule has 0 radical (unpaired) electrons. The maximum absolute atomic E-state index is 12.1. The van der Waals surface area contributed by atoms with Crippen molar-refractivity contribution in [2.45, 2.75) is 26.7 Å². The second-order valence-electron chi connectivity index (χ2n) is 9.32. The van der Waals surface area contributed by atoms with Crippen LogP contribution in [0.4, 0.5) is 15.9 Å². The fourth-order valence-corrected chi connectivity index (χ4v) is 5.09. The van der Waals surface area contributed by atoms with E-state index < -0.39 is 11.4 Å². The van der Waals surface area contributed by atoms with Gasteiger partial charge in [0, 0.05) is 55.5 Å². The Morgan fingerprint density at radius 1 is 1.08 bits per heavy atom. The van der Waals surface area contributed by atoms with Crippen molar-refractivity contribution in [3.8, 4) is 23.0 Å². The van der Waals surface area contributed by atoms with Crippen LogP contribution in [-0.2, 0) is 4.79 Å². The Bertz CT molecular complexity index is 1570. The number of carbonyl (C=O) groups excluding carboxylic acids is 1. The largest absolute Gasteiger partial charge is 0.481 e. The first-order valence-electron chi connectivity index (χ1n) is 12.4. The molecule has 12 heteroatoms. The number of anilines is 2. The zero-order valence-corrected chi connectivity index (χ0v) is 22.2. The molecule has 39 heavy (non-hydrogen) atoms. The number of nitrogens with one attached hydrogen (secondary N) is 2. The molecule has 0 bridgehead atoms. The average molecular weight is 543 g/mol. The Balaban J connectivity index is 1.45. The predicted octanol–water partition coefficient (Wildman–Crippen LogP) is 3.78. The summed E-state index contributed by atoms with van der Waals surface area (Å²) in [4.78, 5) is 47.7. The zero-order chi connectivity index (χ0) is 27.4. The van der Waals surface area contributed by atoms with Gasteiger partial charge in [0.25, 0.3) is 0 Å². The van der Waals surface area contributed by atoms with Crippen LogP contribution in [0, 0.1) is 17.3 Å². The molecule has 4 aromatic rings. The summed E-state index contributed by atoms with van der Waals surface area (Å²) in [6.45, 7) is 5.29. The van der Waals surface area contributed by atoms with Gasteiger partial charge in [-0.1, -0.05) is 17.3 Å². The van der Waals surface area contributed by atoms with Gasteiger partial charge in [-0.25, -0.2) is 29.7 Å². The third-order valence-corrected chi connectivity index (χ3v) is 7.58. The van der Waals surface area contributed by atoms with Crippen molar-refractivity contribution in [2.24, 2.45) is 5.41 Å². The Kier molecular flexibility index (Phi) is 7.33. The van der Waals surface area contributed by atoms with Crippen LogP contribution in [0.2, 0.25) is 0 Å². The molecule has 3 N–H and O–H groups in total. The third kappa shape index (κ3) is 5.78. The molecule has 5 rings (SSSR count). The number of urea groups is 1. The van der Waals surface area contributed by atoms with Crippen molar-refractivity contribution in [1.82, 2.24) is 30.2 Å². The van der Waals surface area contributed by atoms with E-state index in [-0.39, 0.29) is 6.03 Å². The highest BCUT2D eigenvalue weighted by Gasteiger charge is 2.37. The molecule has 2 amide bonds. The molecule has 0 atom stereocenters. The molecule has 1 aliphatic heterocycles. The van der Waals surface area contributed by atoms with Crippen LogP contribution >= 0.6 is 11.3 Å². The molecule has 4 heterocycles. The number of amides is 2. The Morgan fingerprint density at radius 3 is 2.46 bits per heavy atom. The molecule has 0 aliphatic carbocycles. The van der Waals surface area contributed by atoms with Gasteiger partial charge >= 0.3 is 12.0 Å². The van der Waals surface area contributed by atoms with Gasteiger partial charge in [-0.2, -0.15) is 0 Å². The normalized spacial score (nSPS) is 14.4. The monoisotopic (exact) mass is 542 g/mol. The summed E-state index contributed by atoms with van der Waals surface area (Å²) in [6.07, 6.45) is 7.82. The van der Waals surface area contributed by atoms with E-state index in [9.17, 15) is 14.7 Å². The first kappa shape index (κ1) is 26.0. The molecule has 0 unspecified atom stereocenters. The first-order chi connectivity index (χ1) is 18.8. The predicted molar refractivity (Wildman–Crippen MR) is 149 cm³/mol.